The molecule has 0 aromatic rings. The molecule has 0 aliphatic carbocycles. The van der Waals surface area contributed by atoms with Crippen LogP contribution in [0.15, 0.2) is 12.7 Å². The summed E-state index contributed by atoms with van der Waals surface area (Å²) in [4.78, 5) is 10.7. The van der Waals surface area contributed by atoms with Crippen molar-refractivity contribution in [2.24, 2.45) is 0 Å². The van der Waals surface area contributed by atoms with Gasteiger partial charge in [0, 0.05) is 12.5 Å². The van der Waals surface area contributed by atoms with Gasteiger partial charge in [-0.3, -0.25) is 0 Å². The van der Waals surface area contributed by atoms with Gasteiger partial charge in [0.25, 0.3) is 5.92 Å². The van der Waals surface area contributed by atoms with Gasteiger partial charge in [-0.25, -0.2) is 13.6 Å². The predicted molar refractivity (Wildman–Crippen MR) is 94.8 cm³/mol. The maximum absolute atomic E-state index is 13.8. The third kappa shape index (κ3) is 7.26. The van der Waals surface area contributed by atoms with Crippen molar-refractivity contribution in [1.29, 1.82) is 0 Å². The molecule has 42 heavy (non-hydrogen) atoms. The zero-order valence-corrected chi connectivity index (χ0v) is 19.8. The molecule has 0 bridgehead atoms. The van der Waals surface area contributed by atoms with E-state index in [4.69, 9.17) is 0 Å². The molecule has 0 amide bonds. The lowest BCUT2D eigenvalue weighted by Gasteiger charge is -2.43. The molecule has 0 N–H and O–H groups in total. The molecule has 0 unspecified atom stereocenters. The molecule has 23 heteroatoms. The van der Waals surface area contributed by atoms with Gasteiger partial charge in [0.1, 0.15) is 0 Å². The van der Waals surface area contributed by atoms with Crippen molar-refractivity contribution in [3.05, 3.63) is 12.7 Å². The molecule has 0 aromatic carbocycles. The largest absolute Gasteiger partial charge is 0.463 e. The van der Waals surface area contributed by atoms with E-state index >= 15 is 0 Å². The van der Waals surface area contributed by atoms with Crippen LogP contribution in [0, 0.1) is 0 Å². The standard InChI is InChI=1S/C19H15F21O2/c1-2-9(41)42-6-4-3-5-11(22,23)14(28,29)16(32,33)18(36,37)17(34,35)15(30,31)12(24,25)7-10(20,21)8-13(26,27)19(38,39)40/h2H,1,3-8H2. The van der Waals surface area contributed by atoms with E-state index in [0.29, 0.717) is 6.08 Å². The molecule has 0 rings (SSSR count). The van der Waals surface area contributed by atoms with Crippen LogP contribution in [0.5, 0.6) is 0 Å². The van der Waals surface area contributed by atoms with Gasteiger partial charge >= 0.3 is 59.5 Å². The summed E-state index contributed by atoms with van der Waals surface area (Å²) in [5.41, 5.74) is 0. The summed E-state index contributed by atoms with van der Waals surface area (Å²) < 4.78 is 285. The zero-order valence-electron chi connectivity index (χ0n) is 19.8. The molecule has 0 saturated carbocycles. The fourth-order valence-corrected chi connectivity index (χ4v) is 2.81. The fraction of sp³-hybridized carbons (Fsp3) is 0.842. The molecular formula is C19H15F21O2. The predicted octanol–water partition coefficient (Wildman–Crippen LogP) is 8.95. The number of esters is 1. The van der Waals surface area contributed by atoms with Gasteiger partial charge in [-0.15, -0.1) is 0 Å². The third-order valence-corrected chi connectivity index (χ3v) is 5.17. The molecule has 0 saturated heterocycles. The van der Waals surface area contributed by atoms with E-state index in [2.05, 4.69) is 11.3 Å². The maximum atomic E-state index is 13.8. The molecule has 0 aliphatic heterocycles. The Kier molecular flexibility index (Phi) is 11.0. The topological polar surface area (TPSA) is 26.3 Å². The van der Waals surface area contributed by atoms with Gasteiger partial charge in [-0.1, -0.05) is 6.58 Å². The third-order valence-electron chi connectivity index (χ3n) is 5.17. The summed E-state index contributed by atoms with van der Waals surface area (Å²) in [6, 6.07) is 0. The van der Waals surface area contributed by atoms with Crippen molar-refractivity contribution in [1.82, 2.24) is 0 Å². The Labute approximate surface area is 219 Å². The Morgan fingerprint density at radius 1 is 0.524 bits per heavy atom. The lowest BCUT2D eigenvalue weighted by atomic mass is 9.86. The zero-order chi connectivity index (χ0) is 34.2. The molecule has 2 nitrogen and oxygen atoms in total. The summed E-state index contributed by atoms with van der Waals surface area (Å²) >= 11 is 0. The van der Waals surface area contributed by atoms with Gasteiger partial charge in [0.05, 0.1) is 19.4 Å². The molecular weight excluding hydrogens is 659 g/mol. The Bertz CT molecular complexity index is 950. The van der Waals surface area contributed by atoms with Crippen LogP contribution in [0.2, 0.25) is 0 Å². The average Bonchev–Trinajstić information content (AvgIpc) is 2.75. The van der Waals surface area contributed by atoms with E-state index in [1.165, 1.54) is 0 Å². The lowest BCUT2D eigenvalue weighted by molar-refractivity contribution is -0.443. The number of carbonyl (C=O) groups excluding carboxylic acids is 1. The Hall–Kier alpha value is -2.26. The number of unbranched alkanes of at least 4 members (excludes halogenated alkanes) is 1. The van der Waals surface area contributed by atoms with Crippen LogP contribution in [0.1, 0.15) is 32.1 Å². The number of hydrogen-bond donors (Lipinski definition) is 0. The summed E-state index contributed by atoms with van der Waals surface area (Å²) in [7, 11) is 0. The van der Waals surface area contributed by atoms with Gasteiger partial charge < -0.3 is 4.74 Å². The Morgan fingerprint density at radius 2 is 0.881 bits per heavy atom. The van der Waals surface area contributed by atoms with E-state index < -0.39 is 104 Å². The molecule has 250 valence electrons. The van der Waals surface area contributed by atoms with Crippen LogP contribution in [0.3, 0.4) is 0 Å². The van der Waals surface area contributed by atoms with Crippen molar-refractivity contribution < 1.29 is 102 Å². The average molecular weight is 674 g/mol. The van der Waals surface area contributed by atoms with Crippen LogP contribution < -0.4 is 0 Å². The first-order chi connectivity index (χ1) is 18.1. The van der Waals surface area contributed by atoms with Crippen LogP contribution in [-0.4, -0.2) is 72.1 Å². The highest BCUT2D eigenvalue weighted by Crippen LogP contribution is 2.63. The first-order valence-corrected chi connectivity index (χ1v) is 10.4. The van der Waals surface area contributed by atoms with Gasteiger partial charge in [-0.05, 0) is 12.8 Å². The number of hydrogen-bond acceptors (Lipinski definition) is 2. The van der Waals surface area contributed by atoms with Crippen molar-refractivity contribution in [3.63, 3.8) is 0 Å². The molecule has 0 heterocycles. The second-order valence-electron chi connectivity index (χ2n) is 8.52. The molecule has 0 fully saturated rings. The van der Waals surface area contributed by atoms with Gasteiger partial charge in [-0.2, -0.15) is 83.4 Å². The Balaban J connectivity index is 6.29. The van der Waals surface area contributed by atoms with Crippen molar-refractivity contribution >= 4 is 5.97 Å². The second kappa shape index (κ2) is 11.7. The fourth-order valence-electron chi connectivity index (χ4n) is 2.81. The van der Waals surface area contributed by atoms with E-state index in [1.54, 1.807) is 0 Å². The summed E-state index contributed by atoms with van der Waals surface area (Å²) in [6.45, 7) is 1.94. The Morgan fingerprint density at radius 3 is 1.26 bits per heavy atom. The highest BCUT2D eigenvalue weighted by Gasteiger charge is 2.92. The van der Waals surface area contributed by atoms with Crippen LogP contribution >= 0.6 is 0 Å². The summed E-state index contributed by atoms with van der Waals surface area (Å²) in [6.07, 6.45) is -20.3. The maximum Gasteiger partial charge on any atom is 0.453 e. The smallest absolute Gasteiger partial charge is 0.453 e. The molecule has 0 atom stereocenters. The number of rotatable bonds is 16. The highest BCUT2D eigenvalue weighted by atomic mass is 19.4. The normalized spacial score (nSPS) is 15.5. The van der Waals surface area contributed by atoms with E-state index in [0.717, 1.165) is 0 Å². The minimum absolute atomic E-state index is 0.490. The monoisotopic (exact) mass is 674 g/mol. The first kappa shape index (κ1) is 39.7. The number of ether oxygens (including phenoxy) is 1. The van der Waals surface area contributed by atoms with E-state index in [-0.39, 0.29) is 0 Å². The van der Waals surface area contributed by atoms with Crippen molar-refractivity contribution in [2.75, 3.05) is 6.61 Å². The quantitative estimate of drug-likeness (QED) is 0.0708. The van der Waals surface area contributed by atoms with E-state index in [1.807, 2.05) is 0 Å². The lowest BCUT2D eigenvalue weighted by Crippen LogP contribution is -2.73. The van der Waals surface area contributed by atoms with Gasteiger partial charge in [0.15, 0.2) is 0 Å². The number of halogens is 21. The van der Waals surface area contributed by atoms with Crippen LogP contribution in [-0.2, 0) is 9.53 Å². The minimum atomic E-state index is -8.69. The highest BCUT2D eigenvalue weighted by molar-refractivity contribution is 5.81. The van der Waals surface area contributed by atoms with Crippen LogP contribution in [0.4, 0.5) is 92.2 Å². The molecule has 0 aromatic heterocycles. The second-order valence-corrected chi connectivity index (χ2v) is 8.52. The number of carbonyl (C=O) groups is 1. The summed E-state index contributed by atoms with van der Waals surface area (Å²) in [5, 5.41) is 0. The van der Waals surface area contributed by atoms with E-state index in [9.17, 15) is 97.0 Å². The van der Waals surface area contributed by atoms with Crippen molar-refractivity contribution in [3.8, 4) is 0 Å². The summed E-state index contributed by atoms with van der Waals surface area (Å²) in [5.74, 6) is -70.6. The van der Waals surface area contributed by atoms with Crippen molar-refractivity contribution in [2.45, 2.75) is 91.6 Å². The minimum Gasteiger partial charge on any atom is -0.463 e. The molecule has 0 spiro atoms. The number of alkyl halides is 21. The molecule has 0 radical (unpaired) electrons. The molecule has 0 aliphatic rings. The van der Waals surface area contributed by atoms with Crippen LogP contribution in [0.25, 0.3) is 0 Å². The van der Waals surface area contributed by atoms with Gasteiger partial charge in [0.2, 0.25) is 0 Å². The SMILES string of the molecule is C=CC(=O)OCCCCC(F)(F)C(F)(F)C(F)(F)C(F)(F)C(F)(F)C(F)(F)C(F)(F)CC(F)(F)CC(F)(F)C(F)(F)F. The first-order valence-electron chi connectivity index (χ1n) is 10.4.